The van der Waals surface area contributed by atoms with Crippen LogP contribution in [0, 0.1) is 20.8 Å². The molecule has 21 heavy (non-hydrogen) atoms. The van der Waals surface area contributed by atoms with Crippen molar-refractivity contribution in [3.63, 3.8) is 0 Å². The fourth-order valence-electron chi connectivity index (χ4n) is 2.29. The van der Waals surface area contributed by atoms with Gasteiger partial charge < -0.3 is 4.74 Å². The largest absolute Gasteiger partial charge is 0.497 e. The van der Waals surface area contributed by atoms with E-state index in [1.807, 2.05) is 57.2 Å². The van der Waals surface area contributed by atoms with Crippen molar-refractivity contribution in [2.75, 3.05) is 7.11 Å². The van der Waals surface area contributed by atoms with Crippen molar-refractivity contribution in [1.29, 1.82) is 0 Å². The van der Waals surface area contributed by atoms with Crippen LogP contribution in [0.4, 0.5) is 0 Å². The Hall–Kier alpha value is -1.94. The van der Waals surface area contributed by atoms with Crippen LogP contribution in [0.1, 0.15) is 22.3 Å². The normalized spacial score (nSPS) is 12.6. The molecule has 1 atom stereocenters. The van der Waals surface area contributed by atoms with Gasteiger partial charge >= 0.3 is 0 Å². The Bertz CT molecular complexity index is 667. The summed E-state index contributed by atoms with van der Waals surface area (Å²) < 4.78 is 21.7. The molecule has 0 fully saturated rings. The summed E-state index contributed by atoms with van der Waals surface area (Å²) in [7, 11) is 0.242. The number of hydrogen-bond acceptors (Lipinski definition) is 2. The van der Waals surface area contributed by atoms with Gasteiger partial charge in [-0.25, -0.2) is 4.21 Å². The van der Waals surface area contributed by atoms with Gasteiger partial charge in [0.2, 0.25) is 0 Å². The molecule has 0 aliphatic carbocycles. The zero-order valence-electron chi connectivity index (χ0n) is 12.7. The summed E-state index contributed by atoms with van der Waals surface area (Å²) in [6.45, 7) is 5.97. The van der Waals surface area contributed by atoms with Crippen LogP contribution in [0.5, 0.6) is 5.75 Å². The van der Waals surface area contributed by atoms with E-state index in [2.05, 4.69) is 4.40 Å². The number of rotatable bonds is 4. The van der Waals surface area contributed by atoms with Crippen LogP contribution < -0.4 is 4.74 Å². The quantitative estimate of drug-likeness (QED) is 0.806. The van der Waals surface area contributed by atoms with E-state index in [9.17, 15) is 4.21 Å². The summed E-state index contributed by atoms with van der Waals surface area (Å²) in [5, 5.41) is 0. The molecule has 0 bridgehead atoms. The van der Waals surface area contributed by atoms with E-state index in [0.717, 1.165) is 27.3 Å². The minimum absolute atomic E-state index is 0.790. The summed E-state index contributed by atoms with van der Waals surface area (Å²) in [6.07, 6.45) is 1.63. The number of benzene rings is 2. The smallest absolute Gasteiger partial charge is 0.173 e. The molecule has 0 aliphatic rings. The van der Waals surface area contributed by atoms with E-state index >= 15 is 0 Å². The van der Waals surface area contributed by atoms with E-state index in [1.54, 1.807) is 13.3 Å². The molecule has 110 valence electrons. The summed E-state index contributed by atoms with van der Waals surface area (Å²) in [4.78, 5) is 0.797. The Balaban J connectivity index is 2.23. The van der Waals surface area contributed by atoms with E-state index in [1.165, 1.54) is 5.56 Å². The van der Waals surface area contributed by atoms with E-state index in [-0.39, 0.29) is 0 Å². The predicted octanol–water partition coefficient (Wildman–Crippen LogP) is 3.76. The van der Waals surface area contributed by atoms with E-state index in [4.69, 9.17) is 4.74 Å². The molecule has 2 aromatic rings. The fourth-order valence-corrected chi connectivity index (χ4v) is 3.29. The number of aryl methyl sites for hydroxylation is 3. The van der Waals surface area contributed by atoms with Crippen LogP contribution in [0.3, 0.4) is 0 Å². The van der Waals surface area contributed by atoms with Gasteiger partial charge in [-0.3, -0.25) is 0 Å². The lowest BCUT2D eigenvalue weighted by molar-refractivity contribution is 0.415. The molecule has 0 aliphatic heterocycles. The van der Waals surface area contributed by atoms with E-state index < -0.39 is 11.0 Å². The van der Waals surface area contributed by atoms with Crippen molar-refractivity contribution in [2.45, 2.75) is 25.7 Å². The summed E-state index contributed by atoms with van der Waals surface area (Å²) in [5.74, 6) is 0.790. The van der Waals surface area contributed by atoms with Gasteiger partial charge in [0, 0.05) is 6.21 Å². The van der Waals surface area contributed by atoms with Crippen molar-refractivity contribution in [3.05, 3.63) is 58.7 Å². The lowest BCUT2D eigenvalue weighted by atomic mass is 10.1. The Labute approximate surface area is 128 Å². The first-order valence-corrected chi connectivity index (χ1v) is 7.80. The van der Waals surface area contributed by atoms with Gasteiger partial charge in [0.05, 0.1) is 12.0 Å². The Morgan fingerprint density at radius 3 is 2.14 bits per heavy atom. The zero-order valence-corrected chi connectivity index (χ0v) is 13.5. The van der Waals surface area contributed by atoms with Crippen LogP contribution in [0.25, 0.3) is 0 Å². The van der Waals surface area contributed by atoms with Crippen LogP contribution in [0.2, 0.25) is 0 Å². The molecular formula is C17H19NO2S. The van der Waals surface area contributed by atoms with Crippen LogP contribution in [-0.2, 0) is 11.0 Å². The summed E-state index contributed by atoms with van der Waals surface area (Å²) in [5.41, 5.74) is 4.09. The van der Waals surface area contributed by atoms with Gasteiger partial charge in [-0.15, -0.1) is 0 Å². The lowest BCUT2D eigenvalue weighted by Crippen LogP contribution is -1.97. The number of ether oxygens (including phenoxy) is 1. The SMILES string of the molecule is COc1ccc(/C=N/[S@@](=O)c2c(C)cc(C)cc2C)cc1. The molecule has 0 N–H and O–H groups in total. The monoisotopic (exact) mass is 301 g/mol. The minimum Gasteiger partial charge on any atom is -0.497 e. The second-order valence-electron chi connectivity index (χ2n) is 4.98. The average Bonchev–Trinajstić information content (AvgIpc) is 2.44. The topological polar surface area (TPSA) is 38.7 Å². The first kappa shape index (κ1) is 15.4. The van der Waals surface area contributed by atoms with Crippen molar-refractivity contribution >= 4 is 17.2 Å². The number of nitrogens with zero attached hydrogens (tertiary/aromatic N) is 1. The second-order valence-corrected chi connectivity index (χ2v) is 6.10. The van der Waals surface area contributed by atoms with Gasteiger partial charge in [0.15, 0.2) is 11.0 Å². The third-order valence-electron chi connectivity index (χ3n) is 3.19. The number of hydrogen-bond donors (Lipinski definition) is 0. The molecule has 0 amide bonds. The molecule has 0 unspecified atom stereocenters. The van der Waals surface area contributed by atoms with Crippen LogP contribution >= 0.6 is 0 Å². The molecule has 0 aromatic heterocycles. The van der Waals surface area contributed by atoms with Crippen molar-refractivity contribution in [3.8, 4) is 5.75 Å². The van der Waals surface area contributed by atoms with Gasteiger partial charge in [0.25, 0.3) is 0 Å². The predicted molar refractivity (Wildman–Crippen MR) is 87.6 cm³/mol. The summed E-state index contributed by atoms with van der Waals surface area (Å²) in [6, 6.07) is 11.5. The lowest BCUT2D eigenvalue weighted by Gasteiger charge is -2.07. The third-order valence-corrected chi connectivity index (χ3v) is 4.48. The maximum Gasteiger partial charge on any atom is 0.173 e. The molecule has 2 rings (SSSR count). The van der Waals surface area contributed by atoms with Gasteiger partial charge in [-0.2, -0.15) is 4.40 Å². The highest BCUT2D eigenvalue weighted by atomic mass is 32.2. The highest BCUT2D eigenvalue weighted by molar-refractivity contribution is 7.84. The molecule has 0 heterocycles. The van der Waals surface area contributed by atoms with Gasteiger partial charge in [-0.05, 0) is 61.7 Å². The van der Waals surface area contributed by atoms with E-state index in [0.29, 0.717) is 0 Å². The second kappa shape index (κ2) is 6.68. The van der Waals surface area contributed by atoms with Crippen LogP contribution in [-0.4, -0.2) is 17.5 Å². The molecule has 0 spiro atoms. The highest BCUT2D eigenvalue weighted by Crippen LogP contribution is 2.21. The summed E-state index contributed by atoms with van der Waals surface area (Å²) >= 11 is 0. The van der Waals surface area contributed by atoms with Crippen LogP contribution in [0.15, 0.2) is 45.7 Å². The first-order chi connectivity index (χ1) is 10.0. The standard InChI is InChI=1S/C17H19NO2S/c1-12-9-13(2)17(14(3)10-12)21(19)18-11-15-5-7-16(20-4)8-6-15/h5-11H,1-4H3/b18-11+/t21-/m0/s1. The highest BCUT2D eigenvalue weighted by Gasteiger charge is 2.10. The molecule has 3 nitrogen and oxygen atoms in total. The average molecular weight is 301 g/mol. The molecule has 0 saturated heterocycles. The molecular weight excluding hydrogens is 282 g/mol. The Kier molecular flexibility index (Phi) is 4.91. The zero-order chi connectivity index (χ0) is 15.4. The minimum atomic E-state index is -1.38. The fraction of sp³-hybridized carbons (Fsp3) is 0.235. The van der Waals surface area contributed by atoms with Gasteiger partial charge in [0.1, 0.15) is 5.75 Å². The van der Waals surface area contributed by atoms with Crippen molar-refractivity contribution in [2.24, 2.45) is 4.40 Å². The van der Waals surface area contributed by atoms with Crippen molar-refractivity contribution in [1.82, 2.24) is 0 Å². The molecule has 4 heteroatoms. The molecule has 2 aromatic carbocycles. The molecule has 0 saturated carbocycles. The Morgan fingerprint density at radius 2 is 1.62 bits per heavy atom. The molecule has 0 radical (unpaired) electrons. The maximum atomic E-state index is 12.4. The number of methoxy groups -OCH3 is 1. The maximum absolute atomic E-state index is 12.4. The first-order valence-electron chi connectivity index (χ1n) is 6.69. The van der Waals surface area contributed by atoms with Gasteiger partial charge in [-0.1, -0.05) is 17.7 Å². The Morgan fingerprint density at radius 1 is 1.05 bits per heavy atom. The third kappa shape index (κ3) is 3.79. The van der Waals surface area contributed by atoms with Crippen molar-refractivity contribution < 1.29 is 8.95 Å².